The molecule has 1 saturated heterocycles. The first-order chi connectivity index (χ1) is 15.7. The Bertz CT molecular complexity index is 921. The molecule has 2 amide bonds. The van der Waals surface area contributed by atoms with E-state index in [1.165, 1.54) is 17.7 Å². The summed E-state index contributed by atoms with van der Waals surface area (Å²) >= 11 is 0. The Balaban J connectivity index is 1.19. The number of anilines is 2. The number of hydrogen-bond donors (Lipinski definition) is 3. The second-order valence-corrected chi connectivity index (χ2v) is 7.92. The van der Waals surface area contributed by atoms with Crippen LogP contribution in [-0.4, -0.2) is 68.5 Å². The number of pyridine rings is 1. The Morgan fingerprint density at radius 2 is 2.12 bits per heavy atom. The fraction of sp³-hybridized carbons (Fsp3) is 0.478. The highest BCUT2D eigenvalue weighted by Crippen LogP contribution is 2.21. The van der Waals surface area contributed by atoms with E-state index in [-0.39, 0.29) is 11.8 Å². The van der Waals surface area contributed by atoms with Crippen molar-refractivity contribution in [3.8, 4) is 5.75 Å². The number of carbonyl (C=O) groups excluding carboxylic acids is 1. The number of ether oxygens (including phenoxy) is 2. The molecule has 2 aliphatic heterocycles. The summed E-state index contributed by atoms with van der Waals surface area (Å²) < 4.78 is 25.2. The molecule has 2 aromatic rings. The molecule has 8 nitrogen and oxygen atoms in total. The van der Waals surface area contributed by atoms with Crippen LogP contribution in [-0.2, 0) is 17.6 Å². The number of nitrogens with one attached hydrogen (secondary N) is 3. The smallest absolute Gasteiger partial charge is 0.319 e. The molecule has 0 atom stereocenters. The lowest BCUT2D eigenvalue weighted by molar-refractivity contribution is 0.0320. The Kier molecular flexibility index (Phi) is 7.73. The van der Waals surface area contributed by atoms with E-state index >= 15 is 0 Å². The van der Waals surface area contributed by atoms with Crippen LogP contribution in [0.25, 0.3) is 0 Å². The van der Waals surface area contributed by atoms with Crippen LogP contribution in [0.1, 0.15) is 17.7 Å². The first-order valence-electron chi connectivity index (χ1n) is 11.2. The second kappa shape index (κ2) is 11.1. The maximum Gasteiger partial charge on any atom is 0.319 e. The molecule has 0 spiro atoms. The van der Waals surface area contributed by atoms with Gasteiger partial charge in [0.05, 0.1) is 13.2 Å². The molecule has 0 bridgehead atoms. The summed E-state index contributed by atoms with van der Waals surface area (Å²) in [5.74, 6) is 0.618. The summed E-state index contributed by atoms with van der Waals surface area (Å²) in [6.07, 6.45) is 2.79. The minimum atomic E-state index is -0.504. The van der Waals surface area contributed by atoms with Gasteiger partial charge in [0.1, 0.15) is 12.4 Å². The number of urea groups is 1. The number of rotatable bonds is 8. The summed E-state index contributed by atoms with van der Waals surface area (Å²) in [6.45, 7) is 5.67. The topological polar surface area (TPSA) is 87.8 Å². The van der Waals surface area contributed by atoms with Gasteiger partial charge in [0.2, 0.25) is 0 Å². The van der Waals surface area contributed by atoms with Crippen LogP contribution in [0, 0.1) is 5.82 Å². The molecular formula is C23H30FN5O3. The van der Waals surface area contributed by atoms with Gasteiger partial charge in [-0.1, -0.05) is 6.07 Å². The molecule has 1 aromatic carbocycles. The van der Waals surface area contributed by atoms with Gasteiger partial charge in [0.25, 0.3) is 0 Å². The summed E-state index contributed by atoms with van der Waals surface area (Å²) in [5, 5.41) is 8.75. The van der Waals surface area contributed by atoms with Gasteiger partial charge in [0, 0.05) is 56.6 Å². The number of nitrogens with zero attached hydrogens (tertiary/aromatic N) is 2. The third-order valence-electron chi connectivity index (χ3n) is 5.58. The predicted octanol–water partition coefficient (Wildman–Crippen LogP) is 2.65. The maximum absolute atomic E-state index is 14.3. The molecule has 1 aromatic heterocycles. The van der Waals surface area contributed by atoms with E-state index in [1.54, 1.807) is 6.07 Å². The molecule has 3 heterocycles. The zero-order valence-electron chi connectivity index (χ0n) is 18.2. The van der Waals surface area contributed by atoms with Crippen molar-refractivity contribution in [2.24, 2.45) is 0 Å². The van der Waals surface area contributed by atoms with Gasteiger partial charge in [-0.05, 0) is 36.6 Å². The fourth-order valence-corrected chi connectivity index (χ4v) is 3.79. The lowest BCUT2D eigenvalue weighted by atomic mass is 10.1. The Morgan fingerprint density at radius 3 is 2.97 bits per heavy atom. The SMILES string of the molecule is O=C(NCCc1ccc2c(n1)NCCC2)Nc1ccc(OCCN2CCOCC2)c(F)c1. The average molecular weight is 444 g/mol. The summed E-state index contributed by atoms with van der Waals surface area (Å²) in [5.41, 5.74) is 2.53. The van der Waals surface area contributed by atoms with E-state index < -0.39 is 5.82 Å². The van der Waals surface area contributed by atoms with Crippen molar-refractivity contribution >= 4 is 17.5 Å². The van der Waals surface area contributed by atoms with Crippen LogP contribution in [0.3, 0.4) is 0 Å². The number of aromatic nitrogens is 1. The summed E-state index contributed by atoms with van der Waals surface area (Å²) in [4.78, 5) is 19.0. The zero-order chi connectivity index (χ0) is 22.2. The molecule has 2 aliphatic rings. The summed E-state index contributed by atoms with van der Waals surface area (Å²) in [6, 6.07) is 8.13. The van der Waals surface area contributed by atoms with Crippen molar-refractivity contribution in [3.63, 3.8) is 0 Å². The molecular weight excluding hydrogens is 413 g/mol. The quantitative estimate of drug-likeness (QED) is 0.582. The standard InChI is InChI=1S/C23H30FN5O3/c24-20-16-19(5-6-21(20)32-15-12-29-10-13-31-14-11-29)28-23(30)26-9-7-18-4-3-17-2-1-8-25-22(17)27-18/h3-6,16H,1-2,7-15H2,(H,25,27)(H2,26,28,30). The molecule has 172 valence electrons. The van der Waals surface area contributed by atoms with E-state index in [4.69, 9.17) is 9.47 Å². The summed E-state index contributed by atoms with van der Waals surface area (Å²) in [7, 11) is 0. The van der Waals surface area contributed by atoms with E-state index in [0.717, 1.165) is 63.7 Å². The number of amides is 2. The van der Waals surface area contributed by atoms with Gasteiger partial charge >= 0.3 is 6.03 Å². The first kappa shape index (κ1) is 22.3. The van der Waals surface area contributed by atoms with Gasteiger partial charge in [-0.15, -0.1) is 0 Å². The van der Waals surface area contributed by atoms with Crippen molar-refractivity contribution in [3.05, 3.63) is 47.4 Å². The van der Waals surface area contributed by atoms with Crippen LogP contribution < -0.4 is 20.7 Å². The van der Waals surface area contributed by atoms with Crippen molar-refractivity contribution in [1.29, 1.82) is 0 Å². The molecule has 3 N–H and O–H groups in total. The monoisotopic (exact) mass is 443 g/mol. The Morgan fingerprint density at radius 1 is 1.25 bits per heavy atom. The highest BCUT2D eigenvalue weighted by atomic mass is 19.1. The number of hydrogen-bond acceptors (Lipinski definition) is 6. The maximum atomic E-state index is 14.3. The number of halogens is 1. The minimum absolute atomic E-state index is 0.177. The molecule has 1 fully saturated rings. The number of benzene rings is 1. The van der Waals surface area contributed by atoms with Crippen molar-refractivity contribution < 1.29 is 18.7 Å². The van der Waals surface area contributed by atoms with Gasteiger partial charge in [-0.3, -0.25) is 4.90 Å². The van der Waals surface area contributed by atoms with Crippen LogP contribution in [0.15, 0.2) is 30.3 Å². The largest absolute Gasteiger partial charge is 0.489 e. The van der Waals surface area contributed by atoms with E-state index in [0.29, 0.717) is 25.3 Å². The van der Waals surface area contributed by atoms with Gasteiger partial charge < -0.3 is 25.4 Å². The number of fused-ring (bicyclic) bond motifs is 1. The van der Waals surface area contributed by atoms with Crippen LogP contribution in [0.2, 0.25) is 0 Å². The molecule has 0 aliphatic carbocycles. The van der Waals surface area contributed by atoms with Gasteiger partial charge in [-0.2, -0.15) is 0 Å². The van der Waals surface area contributed by atoms with E-state index in [1.807, 2.05) is 6.07 Å². The highest BCUT2D eigenvalue weighted by Gasteiger charge is 2.12. The number of aryl methyl sites for hydroxylation is 1. The fourth-order valence-electron chi connectivity index (χ4n) is 3.79. The molecule has 0 unspecified atom stereocenters. The Labute approximate surface area is 187 Å². The lowest BCUT2D eigenvalue weighted by Gasteiger charge is -2.26. The number of carbonyl (C=O) groups is 1. The highest BCUT2D eigenvalue weighted by molar-refractivity contribution is 5.89. The van der Waals surface area contributed by atoms with E-state index in [9.17, 15) is 9.18 Å². The average Bonchev–Trinajstić information content (AvgIpc) is 2.81. The van der Waals surface area contributed by atoms with Crippen molar-refractivity contribution in [1.82, 2.24) is 15.2 Å². The lowest BCUT2D eigenvalue weighted by Crippen LogP contribution is -2.38. The molecule has 0 saturated carbocycles. The predicted molar refractivity (Wildman–Crippen MR) is 121 cm³/mol. The first-order valence-corrected chi connectivity index (χ1v) is 11.2. The zero-order valence-corrected chi connectivity index (χ0v) is 18.2. The van der Waals surface area contributed by atoms with Crippen molar-refractivity contribution in [2.45, 2.75) is 19.3 Å². The molecule has 32 heavy (non-hydrogen) atoms. The molecule has 9 heteroatoms. The van der Waals surface area contributed by atoms with Gasteiger partial charge in [-0.25, -0.2) is 14.2 Å². The van der Waals surface area contributed by atoms with Crippen LogP contribution in [0.4, 0.5) is 20.7 Å². The minimum Gasteiger partial charge on any atom is -0.489 e. The van der Waals surface area contributed by atoms with E-state index in [2.05, 4.69) is 31.9 Å². The van der Waals surface area contributed by atoms with Gasteiger partial charge in [0.15, 0.2) is 11.6 Å². The third-order valence-corrected chi connectivity index (χ3v) is 5.58. The van der Waals surface area contributed by atoms with Crippen LogP contribution >= 0.6 is 0 Å². The normalized spacial score (nSPS) is 16.0. The Hall–Kier alpha value is -2.91. The molecule has 4 rings (SSSR count). The number of morpholine rings is 1. The second-order valence-electron chi connectivity index (χ2n) is 7.92. The third kappa shape index (κ3) is 6.30. The molecule has 0 radical (unpaired) electrons. The van der Waals surface area contributed by atoms with Crippen LogP contribution in [0.5, 0.6) is 5.75 Å². The van der Waals surface area contributed by atoms with Crippen molar-refractivity contribution in [2.75, 3.05) is 63.2 Å².